The van der Waals surface area contributed by atoms with Crippen LogP contribution in [0.5, 0.6) is 0 Å². The molecule has 0 heterocycles. The normalized spacial score (nSPS) is 15.4. The smallest absolute Gasteiger partial charge is 0.106 e. The Kier molecular flexibility index (Phi) is 3.96. The van der Waals surface area contributed by atoms with Crippen LogP contribution >= 0.6 is 0 Å². The van der Waals surface area contributed by atoms with E-state index >= 15 is 0 Å². The minimum absolute atomic E-state index is 0.213. The van der Waals surface area contributed by atoms with Crippen LogP contribution < -0.4 is 0 Å². The summed E-state index contributed by atoms with van der Waals surface area (Å²) in [5.74, 6) is 0. The second-order valence-corrected chi connectivity index (χ2v) is 5.03. The van der Waals surface area contributed by atoms with Crippen molar-refractivity contribution in [3.8, 4) is 0 Å². The third-order valence-electron chi connectivity index (χ3n) is 1.91. The van der Waals surface area contributed by atoms with Gasteiger partial charge in [-0.05, 0) is 32.3 Å². The van der Waals surface area contributed by atoms with Crippen molar-refractivity contribution < 1.29 is 0 Å². The van der Waals surface area contributed by atoms with Gasteiger partial charge in [-0.25, -0.2) is 0 Å². The van der Waals surface area contributed by atoms with E-state index in [1.807, 2.05) is 19.9 Å². The molecule has 0 aromatic heterocycles. The molecule has 0 saturated carbocycles. The van der Waals surface area contributed by atoms with Gasteiger partial charge in [-0.3, -0.25) is 4.99 Å². The van der Waals surface area contributed by atoms with Gasteiger partial charge >= 0.3 is 0 Å². The summed E-state index contributed by atoms with van der Waals surface area (Å²) in [6, 6.07) is 0. The Hall–Kier alpha value is -0.525. The zero-order valence-electron chi connectivity index (χ0n) is 9.68. The Morgan fingerprint density at radius 2 is 1.62 bits per heavy atom. The molecular weight excluding hydrogens is 157 g/mol. The molecule has 0 fully saturated rings. The molecule has 0 aromatic rings. The summed E-state index contributed by atoms with van der Waals surface area (Å²) in [7, 11) is 5.70. The minimum Gasteiger partial charge on any atom is -0.297 e. The molecule has 1 nitrogen and oxygen atoms in total. The van der Waals surface area contributed by atoms with Crippen molar-refractivity contribution in [1.82, 2.24) is 0 Å². The molecule has 0 aliphatic rings. The van der Waals surface area contributed by atoms with Crippen molar-refractivity contribution in [3.63, 3.8) is 0 Å². The van der Waals surface area contributed by atoms with Gasteiger partial charge in [-0.15, -0.1) is 0 Å². The molecule has 0 saturated heterocycles. The molecule has 0 spiro atoms. The average Bonchev–Trinajstić information content (AvgIpc) is 1.82. The van der Waals surface area contributed by atoms with E-state index in [-0.39, 0.29) is 5.41 Å². The van der Waals surface area contributed by atoms with Gasteiger partial charge in [-0.2, -0.15) is 0 Å². The van der Waals surface area contributed by atoms with Gasteiger partial charge in [0.25, 0.3) is 0 Å². The lowest BCUT2D eigenvalue weighted by molar-refractivity contribution is 0.505. The maximum absolute atomic E-state index is 5.70. The number of aliphatic imine (C=N–C) groups is 1. The monoisotopic (exact) mass is 177 g/mol. The molecule has 0 unspecified atom stereocenters. The van der Waals surface area contributed by atoms with Crippen LogP contribution in [0.1, 0.15) is 41.5 Å². The van der Waals surface area contributed by atoms with E-state index in [4.69, 9.17) is 7.85 Å². The Bertz CT molecular complexity index is 213. The molecule has 0 bridgehead atoms. The standard InChI is InChI=1S/C11H20BN/c1-9(10(2,3)4)7-8-13-11(5,6)12/h7-8H,1-6H3/b9-7-,13-8?. The molecule has 2 heteroatoms. The minimum atomic E-state index is -0.464. The lowest BCUT2D eigenvalue weighted by Gasteiger charge is -2.19. The summed E-state index contributed by atoms with van der Waals surface area (Å²) >= 11 is 0. The highest BCUT2D eigenvalue weighted by molar-refractivity contribution is 6.15. The third kappa shape index (κ3) is 6.62. The van der Waals surface area contributed by atoms with Crippen molar-refractivity contribution in [2.75, 3.05) is 0 Å². The fourth-order valence-corrected chi connectivity index (χ4v) is 0.591. The van der Waals surface area contributed by atoms with Crippen molar-refractivity contribution in [2.45, 2.75) is 47.0 Å². The summed E-state index contributed by atoms with van der Waals surface area (Å²) in [6.45, 7) is 12.4. The Morgan fingerprint density at radius 3 is 1.92 bits per heavy atom. The lowest BCUT2D eigenvalue weighted by atomic mass is 9.82. The Labute approximate surface area is 83.7 Å². The lowest BCUT2D eigenvalue weighted by Crippen LogP contribution is -2.15. The quantitative estimate of drug-likeness (QED) is 0.454. The van der Waals surface area contributed by atoms with E-state index in [0.29, 0.717) is 0 Å². The van der Waals surface area contributed by atoms with Crippen molar-refractivity contribution in [2.24, 2.45) is 10.4 Å². The number of hydrogen-bond donors (Lipinski definition) is 0. The summed E-state index contributed by atoms with van der Waals surface area (Å²) in [5.41, 5.74) is 1.06. The SMILES string of the molecule is [B]C(C)(C)N=C/C=C(/C)C(C)(C)C. The van der Waals surface area contributed by atoms with Crippen LogP contribution in [0.25, 0.3) is 0 Å². The van der Waals surface area contributed by atoms with Crippen LogP contribution in [-0.2, 0) is 0 Å². The second kappa shape index (κ2) is 4.12. The van der Waals surface area contributed by atoms with Crippen LogP contribution in [0, 0.1) is 5.41 Å². The molecule has 0 atom stereocenters. The van der Waals surface area contributed by atoms with Gasteiger partial charge in [0.1, 0.15) is 7.85 Å². The molecule has 0 aromatic carbocycles. The second-order valence-electron chi connectivity index (χ2n) is 5.03. The van der Waals surface area contributed by atoms with Crippen molar-refractivity contribution in [3.05, 3.63) is 11.6 Å². The molecule has 0 aliphatic heterocycles. The van der Waals surface area contributed by atoms with Crippen LogP contribution in [0.4, 0.5) is 0 Å². The van der Waals surface area contributed by atoms with E-state index in [9.17, 15) is 0 Å². The highest BCUT2D eigenvalue weighted by Gasteiger charge is 2.11. The van der Waals surface area contributed by atoms with E-state index in [0.717, 1.165) is 0 Å². The van der Waals surface area contributed by atoms with Crippen LogP contribution in [0.2, 0.25) is 0 Å². The Morgan fingerprint density at radius 1 is 1.15 bits per heavy atom. The average molecular weight is 177 g/mol. The predicted octanol–water partition coefficient (Wildman–Crippen LogP) is 2.95. The molecule has 72 valence electrons. The summed E-state index contributed by atoms with van der Waals surface area (Å²) in [6.07, 6.45) is 3.81. The molecule has 2 radical (unpaired) electrons. The molecule has 0 aliphatic carbocycles. The van der Waals surface area contributed by atoms with Gasteiger partial charge in [0, 0.05) is 11.7 Å². The molecule has 0 N–H and O–H groups in total. The first-order valence-corrected chi connectivity index (χ1v) is 4.64. The first-order chi connectivity index (χ1) is 5.63. The van der Waals surface area contributed by atoms with E-state index < -0.39 is 5.44 Å². The van der Waals surface area contributed by atoms with Gasteiger partial charge in [0.2, 0.25) is 0 Å². The maximum Gasteiger partial charge on any atom is 0.106 e. The zero-order chi connectivity index (χ0) is 10.7. The summed E-state index contributed by atoms with van der Waals surface area (Å²) < 4.78 is 0. The largest absolute Gasteiger partial charge is 0.297 e. The maximum atomic E-state index is 5.70. The van der Waals surface area contributed by atoms with Crippen LogP contribution in [0.15, 0.2) is 16.6 Å². The highest BCUT2D eigenvalue weighted by Crippen LogP contribution is 2.23. The van der Waals surface area contributed by atoms with E-state index in [1.165, 1.54) is 5.57 Å². The molecule has 0 rings (SSSR count). The first kappa shape index (κ1) is 12.5. The number of nitrogens with zero attached hydrogens (tertiary/aromatic N) is 1. The fourth-order valence-electron chi connectivity index (χ4n) is 0.591. The molecule has 0 amide bonds. The van der Waals surface area contributed by atoms with E-state index in [2.05, 4.69) is 32.7 Å². The van der Waals surface area contributed by atoms with Crippen LogP contribution in [-0.4, -0.2) is 19.5 Å². The topological polar surface area (TPSA) is 12.4 Å². The van der Waals surface area contributed by atoms with Crippen molar-refractivity contribution in [1.29, 1.82) is 0 Å². The van der Waals surface area contributed by atoms with Crippen molar-refractivity contribution >= 4 is 14.1 Å². The van der Waals surface area contributed by atoms with E-state index in [1.54, 1.807) is 6.21 Å². The summed E-state index contributed by atoms with van der Waals surface area (Å²) in [5, 5.41) is 0. The predicted molar refractivity (Wildman–Crippen MR) is 61.5 cm³/mol. The molecule has 13 heavy (non-hydrogen) atoms. The molecular formula is C11H20BN. The van der Waals surface area contributed by atoms with Crippen LogP contribution in [0.3, 0.4) is 0 Å². The zero-order valence-corrected chi connectivity index (χ0v) is 9.68. The van der Waals surface area contributed by atoms with Gasteiger partial charge in [0.15, 0.2) is 0 Å². The highest BCUT2D eigenvalue weighted by atomic mass is 14.8. The van der Waals surface area contributed by atoms with Gasteiger partial charge in [0.05, 0.1) is 0 Å². The number of rotatable bonds is 2. The number of allylic oxidation sites excluding steroid dienone is 2. The third-order valence-corrected chi connectivity index (χ3v) is 1.91. The Balaban J connectivity index is 4.37. The fraction of sp³-hybridized carbons (Fsp3) is 0.727. The van der Waals surface area contributed by atoms with Gasteiger partial charge in [-0.1, -0.05) is 26.3 Å². The number of hydrogen-bond acceptors (Lipinski definition) is 1. The first-order valence-electron chi connectivity index (χ1n) is 4.64. The van der Waals surface area contributed by atoms with Gasteiger partial charge < -0.3 is 0 Å². The summed E-state index contributed by atoms with van der Waals surface area (Å²) in [4.78, 5) is 4.19.